The zero-order valence-electron chi connectivity index (χ0n) is 10.2. The third-order valence-electron chi connectivity index (χ3n) is 3.19. The molecule has 0 bridgehead atoms. The van der Waals surface area contributed by atoms with E-state index in [4.69, 9.17) is 0 Å². The van der Waals surface area contributed by atoms with Gasteiger partial charge in [-0.1, -0.05) is 0 Å². The average Bonchev–Trinajstić information content (AvgIpc) is 2.73. The smallest absolute Gasteiger partial charge is 0.246 e. The molecule has 1 saturated heterocycles. The summed E-state index contributed by atoms with van der Waals surface area (Å²) in [6.07, 6.45) is 0.241. The summed E-state index contributed by atoms with van der Waals surface area (Å²) in [5.41, 5.74) is 2.96. The van der Waals surface area contributed by atoms with Gasteiger partial charge in [0.2, 0.25) is 11.8 Å². The van der Waals surface area contributed by atoms with E-state index in [0.29, 0.717) is 6.54 Å². The summed E-state index contributed by atoms with van der Waals surface area (Å²) in [5, 5.41) is 10.1. The number of H-pyrrole nitrogens is 1. The van der Waals surface area contributed by atoms with E-state index in [0.717, 1.165) is 17.0 Å². The zero-order chi connectivity index (χ0) is 12.6. The SMILES string of the molecule is Cc1n[nH]c(C)c1CNC1CC(=O)N(C)C1=O. The predicted molar refractivity (Wildman–Crippen MR) is 61.1 cm³/mol. The Kier molecular flexibility index (Phi) is 2.97. The van der Waals surface area contributed by atoms with Crippen molar-refractivity contribution in [2.24, 2.45) is 0 Å². The minimum absolute atomic E-state index is 0.131. The Morgan fingerprint density at radius 1 is 1.47 bits per heavy atom. The second-order valence-electron chi connectivity index (χ2n) is 4.34. The van der Waals surface area contributed by atoms with Crippen LogP contribution < -0.4 is 5.32 Å². The lowest BCUT2D eigenvalue weighted by Crippen LogP contribution is -2.36. The minimum atomic E-state index is -0.402. The van der Waals surface area contributed by atoms with E-state index in [9.17, 15) is 9.59 Å². The van der Waals surface area contributed by atoms with Crippen molar-refractivity contribution in [3.05, 3.63) is 17.0 Å². The van der Waals surface area contributed by atoms with Gasteiger partial charge in [-0.05, 0) is 13.8 Å². The summed E-state index contributed by atoms with van der Waals surface area (Å²) in [6, 6.07) is -0.402. The van der Waals surface area contributed by atoms with Gasteiger partial charge >= 0.3 is 0 Å². The molecule has 0 spiro atoms. The normalized spacial score (nSPS) is 20.4. The van der Waals surface area contributed by atoms with Crippen LogP contribution in [-0.2, 0) is 16.1 Å². The molecule has 92 valence electrons. The lowest BCUT2D eigenvalue weighted by atomic mass is 10.1. The number of aryl methyl sites for hydroxylation is 2. The molecule has 0 radical (unpaired) electrons. The van der Waals surface area contributed by atoms with Crippen molar-refractivity contribution in [2.45, 2.75) is 32.9 Å². The highest BCUT2D eigenvalue weighted by molar-refractivity contribution is 6.05. The molecule has 6 heteroatoms. The number of likely N-dealkylation sites (N-methyl/N-ethyl adjacent to an activating group) is 1. The van der Waals surface area contributed by atoms with Crippen molar-refractivity contribution < 1.29 is 9.59 Å². The molecule has 2 heterocycles. The molecule has 0 saturated carbocycles. The van der Waals surface area contributed by atoms with Crippen molar-refractivity contribution in [3.63, 3.8) is 0 Å². The molecule has 1 unspecified atom stereocenters. The molecular weight excluding hydrogens is 220 g/mol. The Morgan fingerprint density at radius 2 is 2.18 bits per heavy atom. The third kappa shape index (κ3) is 2.08. The van der Waals surface area contributed by atoms with Gasteiger partial charge in [-0.2, -0.15) is 5.10 Å². The van der Waals surface area contributed by atoms with Gasteiger partial charge in [-0.15, -0.1) is 0 Å². The number of nitrogens with zero attached hydrogens (tertiary/aromatic N) is 2. The number of aromatic amines is 1. The summed E-state index contributed by atoms with van der Waals surface area (Å²) in [5.74, 6) is -0.290. The first-order chi connectivity index (χ1) is 8.00. The van der Waals surface area contributed by atoms with Crippen molar-refractivity contribution >= 4 is 11.8 Å². The number of carbonyl (C=O) groups excluding carboxylic acids is 2. The lowest BCUT2D eigenvalue weighted by molar-refractivity contribution is -0.137. The van der Waals surface area contributed by atoms with Gasteiger partial charge in [0.25, 0.3) is 0 Å². The molecular formula is C11H16N4O2. The third-order valence-corrected chi connectivity index (χ3v) is 3.19. The summed E-state index contributed by atoms with van der Waals surface area (Å²) >= 11 is 0. The monoisotopic (exact) mass is 236 g/mol. The first-order valence-corrected chi connectivity index (χ1v) is 5.55. The van der Waals surface area contributed by atoms with Gasteiger partial charge in [-0.3, -0.25) is 19.6 Å². The molecule has 6 nitrogen and oxygen atoms in total. The molecule has 1 atom stereocenters. The second-order valence-corrected chi connectivity index (χ2v) is 4.34. The largest absolute Gasteiger partial charge is 0.301 e. The number of rotatable bonds is 3. The standard InChI is InChI=1S/C11H16N4O2/c1-6-8(7(2)14-13-6)5-12-9-4-10(16)15(3)11(9)17/h9,12H,4-5H2,1-3H3,(H,13,14). The van der Waals surface area contributed by atoms with E-state index in [1.807, 2.05) is 13.8 Å². The predicted octanol–water partition coefficient (Wildman–Crippen LogP) is -0.127. The maximum Gasteiger partial charge on any atom is 0.246 e. The van der Waals surface area contributed by atoms with Crippen molar-refractivity contribution in [1.82, 2.24) is 20.4 Å². The van der Waals surface area contributed by atoms with Crippen molar-refractivity contribution in [2.75, 3.05) is 7.05 Å². The number of amides is 2. The van der Waals surface area contributed by atoms with E-state index in [2.05, 4.69) is 15.5 Å². The van der Waals surface area contributed by atoms with Crippen LogP contribution in [-0.4, -0.2) is 40.0 Å². The van der Waals surface area contributed by atoms with Crippen LogP contribution in [0.25, 0.3) is 0 Å². The number of likely N-dealkylation sites (tertiary alicyclic amines) is 1. The van der Waals surface area contributed by atoms with Crippen LogP contribution in [0.1, 0.15) is 23.4 Å². The topological polar surface area (TPSA) is 78.1 Å². The highest BCUT2D eigenvalue weighted by atomic mass is 16.2. The summed E-state index contributed by atoms with van der Waals surface area (Å²) in [6.45, 7) is 4.39. The minimum Gasteiger partial charge on any atom is -0.301 e. The van der Waals surface area contributed by atoms with Gasteiger partial charge in [0, 0.05) is 24.8 Å². The van der Waals surface area contributed by atoms with E-state index in [1.165, 1.54) is 11.9 Å². The van der Waals surface area contributed by atoms with Crippen LogP contribution >= 0.6 is 0 Å². The fraction of sp³-hybridized carbons (Fsp3) is 0.545. The summed E-state index contributed by atoms with van der Waals surface area (Å²) in [7, 11) is 1.51. The van der Waals surface area contributed by atoms with Gasteiger partial charge < -0.3 is 5.32 Å². The quantitative estimate of drug-likeness (QED) is 0.717. The number of imide groups is 1. The Bertz CT molecular complexity index is 447. The molecule has 0 aliphatic carbocycles. The van der Waals surface area contributed by atoms with Crippen LogP contribution in [0.2, 0.25) is 0 Å². The maximum absolute atomic E-state index is 11.7. The molecule has 2 amide bonds. The molecule has 2 rings (SSSR count). The Morgan fingerprint density at radius 3 is 2.65 bits per heavy atom. The van der Waals surface area contributed by atoms with E-state index in [1.54, 1.807) is 0 Å². The lowest BCUT2D eigenvalue weighted by Gasteiger charge is -2.10. The maximum atomic E-state index is 11.7. The fourth-order valence-electron chi connectivity index (χ4n) is 1.97. The first-order valence-electron chi connectivity index (χ1n) is 5.55. The Labute approximate surface area is 99.4 Å². The van der Waals surface area contributed by atoms with E-state index >= 15 is 0 Å². The number of nitrogens with one attached hydrogen (secondary N) is 2. The van der Waals surface area contributed by atoms with Crippen molar-refractivity contribution in [1.29, 1.82) is 0 Å². The molecule has 2 N–H and O–H groups in total. The molecule has 1 fully saturated rings. The van der Waals surface area contributed by atoms with Crippen LogP contribution in [0.15, 0.2) is 0 Å². The second kappa shape index (κ2) is 4.29. The zero-order valence-corrected chi connectivity index (χ0v) is 10.2. The van der Waals surface area contributed by atoms with E-state index in [-0.39, 0.29) is 18.2 Å². The van der Waals surface area contributed by atoms with Gasteiger partial charge in [0.05, 0.1) is 18.2 Å². The highest BCUT2D eigenvalue weighted by Crippen LogP contribution is 2.13. The molecule has 17 heavy (non-hydrogen) atoms. The van der Waals surface area contributed by atoms with Gasteiger partial charge in [-0.25, -0.2) is 0 Å². The summed E-state index contributed by atoms with van der Waals surface area (Å²) in [4.78, 5) is 24.2. The van der Waals surface area contributed by atoms with Crippen LogP contribution in [0.5, 0.6) is 0 Å². The molecule has 1 aromatic rings. The number of hydrogen-bond acceptors (Lipinski definition) is 4. The highest BCUT2D eigenvalue weighted by Gasteiger charge is 2.35. The average molecular weight is 236 g/mol. The number of aromatic nitrogens is 2. The number of carbonyl (C=O) groups is 2. The van der Waals surface area contributed by atoms with Crippen LogP contribution in [0.3, 0.4) is 0 Å². The molecule has 1 aliphatic rings. The first kappa shape index (κ1) is 11.8. The van der Waals surface area contributed by atoms with Gasteiger partial charge in [0.1, 0.15) is 0 Å². The number of hydrogen-bond donors (Lipinski definition) is 2. The van der Waals surface area contributed by atoms with Gasteiger partial charge in [0.15, 0.2) is 0 Å². The Balaban J connectivity index is 2.00. The van der Waals surface area contributed by atoms with Crippen LogP contribution in [0, 0.1) is 13.8 Å². The Hall–Kier alpha value is -1.69. The van der Waals surface area contributed by atoms with Crippen LogP contribution in [0.4, 0.5) is 0 Å². The van der Waals surface area contributed by atoms with Crippen molar-refractivity contribution in [3.8, 4) is 0 Å². The summed E-state index contributed by atoms with van der Waals surface area (Å²) < 4.78 is 0. The fourth-order valence-corrected chi connectivity index (χ4v) is 1.97. The molecule has 0 aromatic carbocycles. The molecule has 1 aliphatic heterocycles. The van der Waals surface area contributed by atoms with E-state index < -0.39 is 6.04 Å². The molecule has 1 aromatic heterocycles.